The van der Waals surface area contributed by atoms with Crippen LogP contribution in [-0.2, 0) is 9.53 Å². The van der Waals surface area contributed by atoms with E-state index >= 15 is 0 Å². The van der Waals surface area contributed by atoms with Gasteiger partial charge in [0.25, 0.3) is 0 Å². The van der Waals surface area contributed by atoms with E-state index < -0.39 is 0 Å². The van der Waals surface area contributed by atoms with Gasteiger partial charge in [0.15, 0.2) is 0 Å². The molecule has 0 aromatic rings. The highest BCUT2D eigenvalue weighted by Crippen LogP contribution is 2.20. The standard InChI is InChI=1S/C13H24N2O2/c1-10-4-6-14-11(8-10)12(16)15-13(2)5-3-7-17-9-13/h10-11,14H,3-9H2,1-2H3,(H,15,16). The molecule has 2 rings (SSSR count). The first-order chi connectivity index (χ1) is 8.09. The van der Waals surface area contributed by atoms with Gasteiger partial charge in [-0.25, -0.2) is 0 Å². The van der Waals surface area contributed by atoms with Crippen molar-refractivity contribution in [1.82, 2.24) is 10.6 Å². The van der Waals surface area contributed by atoms with Crippen molar-refractivity contribution in [2.45, 2.75) is 51.1 Å². The van der Waals surface area contributed by atoms with Crippen LogP contribution in [0.3, 0.4) is 0 Å². The molecule has 2 fully saturated rings. The molecule has 2 aliphatic rings. The summed E-state index contributed by atoms with van der Waals surface area (Å²) in [6.07, 6.45) is 4.17. The third-order valence-electron chi connectivity index (χ3n) is 3.85. The zero-order chi connectivity index (χ0) is 12.3. The lowest BCUT2D eigenvalue weighted by Gasteiger charge is -2.37. The maximum Gasteiger partial charge on any atom is 0.237 e. The summed E-state index contributed by atoms with van der Waals surface area (Å²) in [5.74, 6) is 0.784. The maximum absolute atomic E-state index is 12.2. The fourth-order valence-corrected chi connectivity index (χ4v) is 2.72. The lowest BCUT2D eigenvalue weighted by atomic mass is 9.91. The molecule has 3 atom stereocenters. The lowest BCUT2D eigenvalue weighted by molar-refractivity contribution is -0.127. The quantitative estimate of drug-likeness (QED) is 0.759. The minimum Gasteiger partial charge on any atom is -0.379 e. The monoisotopic (exact) mass is 240 g/mol. The van der Waals surface area contributed by atoms with E-state index in [9.17, 15) is 4.79 Å². The van der Waals surface area contributed by atoms with Gasteiger partial charge in [0, 0.05) is 6.61 Å². The van der Waals surface area contributed by atoms with Crippen LogP contribution < -0.4 is 10.6 Å². The van der Waals surface area contributed by atoms with Crippen LogP contribution >= 0.6 is 0 Å². The van der Waals surface area contributed by atoms with Crippen LogP contribution in [0.25, 0.3) is 0 Å². The van der Waals surface area contributed by atoms with E-state index in [4.69, 9.17) is 4.74 Å². The molecule has 1 amide bonds. The largest absolute Gasteiger partial charge is 0.379 e. The molecule has 0 aliphatic carbocycles. The van der Waals surface area contributed by atoms with Gasteiger partial charge < -0.3 is 15.4 Å². The minimum atomic E-state index is -0.169. The Labute approximate surface area is 103 Å². The Hall–Kier alpha value is -0.610. The normalized spacial score (nSPS) is 38.7. The van der Waals surface area contributed by atoms with E-state index in [0.29, 0.717) is 12.5 Å². The number of carbonyl (C=O) groups is 1. The van der Waals surface area contributed by atoms with Crippen LogP contribution in [-0.4, -0.2) is 37.2 Å². The molecule has 98 valence electrons. The zero-order valence-corrected chi connectivity index (χ0v) is 10.9. The maximum atomic E-state index is 12.2. The molecule has 17 heavy (non-hydrogen) atoms. The van der Waals surface area contributed by atoms with E-state index in [1.165, 1.54) is 6.42 Å². The van der Waals surface area contributed by atoms with Crippen LogP contribution in [0.4, 0.5) is 0 Å². The van der Waals surface area contributed by atoms with Crippen molar-refractivity contribution in [1.29, 1.82) is 0 Å². The van der Waals surface area contributed by atoms with Crippen molar-refractivity contribution < 1.29 is 9.53 Å². The van der Waals surface area contributed by atoms with Gasteiger partial charge in [0.2, 0.25) is 5.91 Å². The SMILES string of the molecule is CC1CCNC(C(=O)NC2(C)CCCOC2)C1. The van der Waals surface area contributed by atoms with E-state index in [1.54, 1.807) is 0 Å². The van der Waals surface area contributed by atoms with Gasteiger partial charge >= 0.3 is 0 Å². The van der Waals surface area contributed by atoms with Crippen LogP contribution in [0, 0.1) is 5.92 Å². The first-order valence-corrected chi connectivity index (χ1v) is 6.72. The zero-order valence-electron chi connectivity index (χ0n) is 10.9. The van der Waals surface area contributed by atoms with Gasteiger partial charge in [-0.1, -0.05) is 6.92 Å². The predicted molar refractivity (Wildman–Crippen MR) is 66.8 cm³/mol. The van der Waals surface area contributed by atoms with Gasteiger partial charge in [0.05, 0.1) is 18.2 Å². The summed E-state index contributed by atoms with van der Waals surface area (Å²) in [6.45, 7) is 6.71. The summed E-state index contributed by atoms with van der Waals surface area (Å²) in [7, 11) is 0. The van der Waals surface area contributed by atoms with Gasteiger partial charge in [-0.2, -0.15) is 0 Å². The second kappa shape index (κ2) is 5.36. The molecule has 0 aromatic heterocycles. The van der Waals surface area contributed by atoms with E-state index in [1.807, 2.05) is 0 Å². The Morgan fingerprint density at radius 2 is 2.35 bits per heavy atom. The van der Waals surface area contributed by atoms with Crippen molar-refractivity contribution in [2.24, 2.45) is 5.92 Å². The number of piperidine rings is 1. The number of amides is 1. The summed E-state index contributed by atoms with van der Waals surface area (Å²) < 4.78 is 5.46. The fraction of sp³-hybridized carbons (Fsp3) is 0.923. The molecule has 2 N–H and O–H groups in total. The molecule has 2 heterocycles. The van der Waals surface area contributed by atoms with Crippen molar-refractivity contribution in [2.75, 3.05) is 19.8 Å². The minimum absolute atomic E-state index is 0.0162. The Morgan fingerprint density at radius 3 is 3.00 bits per heavy atom. The summed E-state index contributed by atoms with van der Waals surface area (Å²) in [6, 6.07) is -0.0162. The number of nitrogens with one attached hydrogen (secondary N) is 2. The predicted octanol–water partition coefficient (Wildman–Crippen LogP) is 1.06. The summed E-state index contributed by atoms with van der Waals surface area (Å²) in [4.78, 5) is 12.2. The van der Waals surface area contributed by atoms with Gasteiger partial charge in [-0.3, -0.25) is 4.79 Å². The average molecular weight is 240 g/mol. The molecule has 2 saturated heterocycles. The third-order valence-corrected chi connectivity index (χ3v) is 3.85. The van der Waals surface area contributed by atoms with E-state index in [0.717, 1.165) is 32.4 Å². The Bertz CT molecular complexity index is 275. The topological polar surface area (TPSA) is 50.4 Å². The van der Waals surface area contributed by atoms with Crippen LogP contribution in [0.2, 0.25) is 0 Å². The summed E-state index contributed by atoms with van der Waals surface area (Å²) >= 11 is 0. The molecule has 0 aromatic carbocycles. The van der Waals surface area contributed by atoms with Gasteiger partial charge in [-0.15, -0.1) is 0 Å². The molecule has 3 unspecified atom stereocenters. The Kier molecular flexibility index (Phi) is 4.05. The summed E-state index contributed by atoms with van der Waals surface area (Å²) in [5.41, 5.74) is -0.169. The smallest absolute Gasteiger partial charge is 0.237 e. The Morgan fingerprint density at radius 1 is 1.53 bits per heavy atom. The first-order valence-electron chi connectivity index (χ1n) is 6.72. The molecular weight excluding hydrogens is 216 g/mol. The Balaban J connectivity index is 1.87. The highest BCUT2D eigenvalue weighted by molar-refractivity contribution is 5.82. The number of rotatable bonds is 2. The molecule has 0 spiro atoms. The van der Waals surface area contributed by atoms with Crippen molar-refractivity contribution in [3.05, 3.63) is 0 Å². The van der Waals surface area contributed by atoms with Crippen LogP contribution in [0.1, 0.15) is 39.5 Å². The van der Waals surface area contributed by atoms with E-state index in [2.05, 4.69) is 24.5 Å². The van der Waals surface area contributed by atoms with E-state index in [-0.39, 0.29) is 17.5 Å². The molecule has 4 nitrogen and oxygen atoms in total. The first kappa shape index (κ1) is 12.8. The average Bonchev–Trinajstić information content (AvgIpc) is 2.29. The van der Waals surface area contributed by atoms with Crippen LogP contribution in [0.15, 0.2) is 0 Å². The highest BCUT2D eigenvalue weighted by atomic mass is 16.5. The number of carbonyl (C=O) groups excluding carboxylic acids is 1. The van der Waals surface area contributed by atoms with Crippen molar-refractivity contribution in [3.8, 4) is 0 Å². The fourth-order valence-electron chi connectivity index (χ4n) is 2.72. The molecule has 4 heteroatoms. The second-order valence-corrected chi connectivity index (χ2v) is 5.84. The molecular formula is C13H24N2O2. The molecule has 0 radical (unpaired) electrons. The lowest BCUT2D eigenvalue weighted by Crippen LogP contribution is -2.57. The van der Waals surface area contributed by atoms with Crippen LogP contribution in [0.5, 0.6) is 0 Å². The third kappa shape index (κ3) is 3.42. The van der Waals surface area contributed by atoms with Crippen molar-refractivity contribution in [3.63, 3.8) is 0 Å². The highest BCUT2D eigenvalue weighted by Gasteiger charge is 2.33. The van der Waals surface area contributed by atoms with Crippen molar-refractivity contribution >= 4 is 5.91 Å². The molecule has 0 saturated carbocycles. The molecule has 0 bridgehead atoms. The second-order valence-electron chi connectivity index (χ2n) is 5.84. The van der Waals surface area contributed by atoms with Gasteiger partial charge in [-0.05, 0) is 45.1 Å². The number of ether oxygens (including phenoxy) is 1. The number of hydrogen-bond acceptors (Lipinski definition) is 3. The molecule has 2 aliphatic heterocycles. The summed E-state index contributed by atoms with van der Waals surface area (Å²) in [5, 5.41) is 6.46. The van der Waals surface area contributed by atoms with Gasteiger partial charge in [0.1, 0.15) is 0 Å². The number of hydrogen-bond donors (Lipinski definition) is 2.